The van der Waals surface area contributed by atoms with Crippen molar-refractivity contribution in [3.05, 3.63) is 29.3 Å². The third kappa shape index (κ3) is 4.57. The van der Waals surface area contributed by atoms with Crippen molar-refractivity contribution in [3.8, 4) is 5.75 Å². The Morgan fingerprint density at radius 1 is 1.35 bits per heavy atom. The van der Waals surface area contributed by atoms with Gasteiger partial charge in [-0.25, -0.2) is 4.79 Å². The third-order valence-electron chi connectivity index (χ3n) is 2.62. The predicted octanol–water partition coefficient (Wildman–Crippen LogP) is 2.77. The summed E-state index contributed by atoms with van der Waals surface area (Å²) in [5.74, 6) is 0.702. The molecule has 20 heavy (non-hydrogen) atoms. The van der Waals surface area contributed by atoms with Crippen molar-refractivity contribution < 1.29 is 19.1 Å². The molecule has 0 saturated heterocycles. The molecule has 5 nitrogen and oxygen atoms in total. The Kier molecular flexibility index (Phi) is 5.13. The first-order valence-electron chi connectivity index (χ1n) is 6.36. The summed E-state index contributed by atoms with van der Waals surface area (Å²) in [7, 11) is 1.57. The molecule has 5 heteroatoms. The van der Waals surface area contributed by atoms with E-state index in [2.05, 4.69) is 5.32 Å². The lowest BCUT2D eigenvalue weighted by Crippen LogP contribution is -2.35. The van der Waals surface area contributed by atoms with E-state index in [-0.39, 0.29) is 0 Å². The number of hydrogen-bond acceptors (Lipinski definition) is 4. The number of aryl methyl sites for hydroxylation is 1. The Labute approximate surface area is 119 Å². The number of benzene rings is 1. The maximum absolute atomic E-state index is 11.7. The molecular weight excluding hydrogens is 258 g/mol. The lowest BCUT2D eigenvalue weighted by Gasteiger charge is -2.22. The van der Waals surface area contributed by atoms with E-state index in [0.29, 0.717) is 17.6 Å². The Balaban J connectivity index is 2.86. The summed E-state index contributed by atoms with van der Waals surface area (Å²) >= 11 is 0. The lowest BCUT2D eigenvalue weighted by molar-refractivity contribution is -0.109. The highest BCUT2D eigenvalue weighted by Crippen LogP contribution is 2.22. The van der Waals surface area contributed by atoms with Gasteiger partial charge in [0, 0.05) is 0 Å². The summed E-state index contributed by atoms with van der Waals surface area (Å²) in [6.07, 6.45) is 0.0588. The third-order valence-corrected chi connectivity index (χ3v) is 2.62. The smallest absolute Gasteiger partial charge is 0.408 e. The maximum atomic E-state index is 11.7. The first-order chi connectivity index (χ1) is 9.26. The van der Waals surface area contributed by atoms with Crippen molar-refractivity contribution in [2.75, 3.05) is 7.11 Å². The topological polar surface area (TPSA) is 64.6 Å². The molecule has 1 aromatic carbocycles. The van der Waals surface area contributed by atoms with Crippen LogP contribution in [0.15, 0.2) is 18.2 Å². The maximum Gasteiger partial charge on any atom is 0.408 e. The van der Waals surface area contributed by atoms with E-state index in [4.69, 9.17) is 9.47 Å². The molecular formula is C15H21NO4. The highest BCUT2D eigenvalue weighted by atomic mass is 16.6. The Hall–Kier alpha value is -2.04. The zero-order valence-corrected chi connectivity index (χ0v) is 12.5. The molecule has 1 unspecified atom stereocenters. The molecule has 0 radical (unpaired) electrons. The molecule has 0 heterocycles. The van der Waals surface area contributed by atoms with Crippen molar-refractivity contribution in [1.29, 1.82) is 0 Å². The second-order valence-electron chi connectivity index (χ2n) is 5.48. The molecule has 110 valence electrons. The number of alkyl carbamates (subject to hydrolysis) is 1. The van der Waals surface area contributed by atoms with Crippen LogP contribution in [-0.4, -0.2) is 25.1 Å². The lowest BCUT2D eigenvalue weighted by atomic mass is 10.0. The van der Waals surface area contributed by atoms with Gasteiger partial charge in [0.15, 0.2) is 0 Å². The van der Waals surface area contributed by atoms with Crippen LogP contribution in [0.2, 0.25) is 0 Å². The van der Waals surface area contributed by atoms with Gasteiger partial charge >= 0.3 is 6.09 Å². The van der Waals surface area contributed by atoms with Gasteiger partial charge < -0.3 is 19.6 Å². The molecule has 0 aliphatic heterocycles. The summed E-state index contributed by atoms with van der Waals surface area (Å²) in [6.45, 7) is 7.15. The number of ether oxygens (including phenoxy) is 2. The van der Waals surface area contributed by atoms with E-state index < -0.39 is 17.7 Å². The first kappa shape index (κ1) is 16.0. The van der Waals surface area contributed by atoms with Crippen LogP contribution < -0.4 is 10.1 Å². The molecule has 0 spiro atoms. The Morgan fingerprint density at radius 2 is 2.00 bits per heavy atom. The van der Waals surface area contributed by atoms with Crippen LogP contribution in [-0.2, 0) is 9.53 Å². The van der Waals surface area contributed by atoms with Crippen LogP contribution in [0.3, 0.4) is 0 Å². The van der Waals surface area contributed by atoms with Crippen LogP contribution in [0.5, 0.6) is 5.75 Å². The van der Waals surface area contributed by atoms with Gasteiger partial charge in [-0.1, -0.05) is 6.07 Å². The number of amides is 1. The number of rotatable bonds is 4. The second kappa shape index (κ2) is 6.41. The molecule has 1 N–H and O–H groups in total. The van der Waals surface area contributed by atoms with Crippen molar-refractivity contribution in [3.63, 3.8) is 0 Å². The average molecular weight is 279 g/mol. The normalized spacial score (nSPS) is 12.4. The monoisotopic (exact) mass is 279 g/mol. The molecule has 1 atom stereocenters. The second-order valence-corrected chi connectivity index (χ2v) is 5.48. The van der Waals surface area contributed by atoms with Gasteiger partial charge in [0.25, 0.3) is 0 Å². The summed E-state index contributed by atoms with van der Waals surface area (Å²) in [5.41, 5.74) is 0.969. The molecule has 1 amide bonds. The zero-order valence-electron chi connectivity index (χ0n) is 12.5. The van der Waals surface area contributed by atoms with Crippen LogP contribution in [0.4, 0.5) is 4.79 Å². The first-order valence-corrected chi connectivity index (χ1v) is 6.36. The van der Waals surface area contributed by atoms with E-state index >= 15 is 0 Å². The van der Waals surface area contributed by atoms with Crippen LogP contribution in [0.25, 0.3) is 0 Å². The number of aldehydes is 1. The Morgan fingerprint density at radius 3 is 2.45 bits per heavy atom. The minimum atomic E-state index is -0.740. The summed E-state index contributed by atoms with van der Waals surface area (Å²) in [4.78, 5) is 22.9. The average Bonchev–Trinajstić information content (AvgIpc) is 2.34. The molecule has 0 aliphatic rings. The largest absolute Gasteiger partial charge is 0.497 e. The van der Waals surface area contributed by atoms with Crippen LogP contribution in [0, 0.1) is 6.92 Å². The fourth-order valence-electron chi connectivity index (χ4n) is 1.74. The van der Waals surface area contributed by atoms with Gasteiger partial charge in [-0.15, -0.1) is 0 Å². The number of hydrogen-bond donors (Lipinski definition) is 1. The molecule has 0 aliphatic carbocycles. The van der Waals surface area contributed by atoms with Gasteiger partial charge in [0.05, 0.1) is 7.11 Å². The number of carbonyl (C=O) groups excluding carboxylic acids is 2. The highest BCUT2D eigenvalue weighted by molar-refractivity contribution is 5.75. The highest BCUT2D eigenvalue weighted by Gasteiger charge is 2.21. The van der Waals surface area contributed by atoms with Gasteiger partial charge in [-0.05, 0) is 51.0 Å². The predicted molar refractivity (Wildman–Crippen MR) is 75.9 cm³/mol. The fraction of sp³-hybridized carbons (Fsp3) is 0.467. The Bertz CT molecular complexity index is 491. The summed E-state index contributed by atoms with van der Waals surface area (Å²) in [5, 5.41) is 2.55. The summed E-state index contributed by atoms with van der Waals surface area (Å²) < 4.78 is 10.3. The number of nitrogens with one attached hydrogen (secondary N) is 1. The van der Waals surface area contributed by atoms with E-state index in [1.54, 1.807) is 40.0 Å². The standard InChI is InChI=1S/C15H21NO4/c1-10-8-11(19-5)6-7-12(10)13(9-17)16-14(18)20-15(2,3)4/h6-9,13H,1-5H3,(H,16,18). The molecule has 0 fully saturated rings. The minimum absolute atomic E-state index is 0.605. The molecule has 0 bridgehead atoms. The van der Waals surface area contributed by atoms with Gasteiger partial charge in [-0.3, -0.25) is 0 Å². The SMILES string of the molecule is COc1ccc(C(C=O)NC(=O)OC(C)(C)C)c(C)c1. The van der Waals surface area contributed by atoms with Crippen molar-refractivity contribution in [2.24, 2.45) is 0 Å². The fourth-order valence-corrected chi connectivity index (χ4v) is 1.74. The van der Waals surface area contributed by atoms with Gasteiger partial charge in [0.1, 0.15) is 23.7 Å². The molecule has 1 rings (SSSR count). The van der Waals surface area contributed by atoms with Crippen molar-refractivity contribution in [2.45, 2.75) is 39.3 Å². The van der Waals surface area contributed by atoms with E-state index in [0.717, 1.165) is 5.56 Å². The molecule has 0 saturated carbocycles. The quantitative estimate of drug-likeness (QED) is 0.861. The van der Waals surface area contributed by atoms with Crippen molar-refractivity contribution in [1.82, 2.24) is 5.32 Å². The van der Waals surface area contributed by atoms with Crippen LogP contribution >= 0.6 is 0 Å². The van der Waals surface area contributed by atoms with Gasteiger partial charge in [0.2, 0.25) is 0 Å². The number of carbonyl (C=O) groups is 2. The molecule has 0 aromatic heterocycles. The van der Waals surface area contributed by atoms with Crippen molar-refractivity contribution >= 4 is 12.4 Å². The molecule has 1 aromatic rings. The minimum Gasteiger partial charge on any atom is -0.497 e. The number of methoxy groups -OCH3 is 1. The zero-order chi connectivity index (χ0) is 15.3. The van der Waals surface area contributed by atoms with Gasteiger partial charge in [-0.2, -0.15) is 0 Å². The van der Waals surface area contributed by atoms with E-state index in [9.17, 15) is 9.59 Å². The summed E-state index contributed by atoms with van der Waals surface area (Å²) in [6, 6.07) is 4.57. The van der Waals surface area contributed by atoms with E-state index in [1.165, 1.54) is 0 Å². The van der Waals surface area contributed by atoms with E-state index in [1.807, 2.05) is 13.0 Å². The van der Waals surface area contributed by atoms with Crippen LogP contribution in [0.1, 0.15) is 37.9 Å².